The van der Waals surface area contributed by atoms with Crippen LogP contribution in [0, 0.1) is 12.7 Å². The molecule has 0 aliphatic heterocycles. The van der Waals surface area contributed by atoms with Crippen molar-refractivity contribution < 1.29 is 14.3 Å². The Morgan fingerprint density at radius 3 is 2.68 bits per heavy atom. The van der Waals surface area contributed by atoms with E-state index in [-0.39, 0.29) is 11.4 Å². The lowest BCUT2D eigenvalue weighted by Crippen LogP contribution is -1.99. The zero-order chi connectivity index (χ0) is 13.8. The summed E-state index contributed by atoms with van der Waals surface area (Å²) in [6.07, 6.45) is 0. The molecular weight excluding hydrogens is 263 g/mol. The minimum Gasteiger partial charge on any atom is -0.478 e. The first-order valence-corrected chi connectivity index (χ1v) is 6.76. The van der Waals surface area contributed by atoms with Crippen LogP contribution < -0.4 is 0 Å². The molecule has 2 aromatic rings. The van der Waals surface area contributed by atoms with Gasteiger partial charge in [-0.1, -0.05) is 18.2 Å². The second-order valence-corrected chi connectivity index (χ2v) is 5.18. The predicted octanol–water partition coefficient (Wildman–Crippen LogP) is 4.12. The first kappa shape index (κ1) is 13.6. The zero-order valence-corrected chi connectivity index (χ0v) is 11.2. The van der Waals surface area contributed by atoms with Crippen molar-refractivity contribution in [2.24, 2.45) is 0 Å². The zero-order valence-electron chi connectivity index (χ0n) is 10.4. The molecule has 0 saturated carbocycles. The molecule has 0 fully saturated rings. The normalized spacial score (nSPS) is 10.4. The van der Waals surface area contributed by atoms with E-state index in [1.54, 1.807) is 0 Å². The maximum absolute atomic E-state index is 13.6. The Hall–Kier alpha value is -1.81. The molecule has 4 heteroatoms. The van der Waals surface area contributed by atoms with Crippen molar-refractivity contribution in [2.75, 3.05) is 0 Å². The topological polar surface area (TPSA) is 37.3 Å². The fraction of sp³-hybridized carbons (Fsp3) is 0.133. The third kappa shape index (κ3) is 3.35. The summed E-state index contributed by atoms with van der Waals surface area (Å²) in [5.74, 6) is -0.995. The van der Waals surface area contributed by atoms with E-state index in [4.69, 9.17) is 5.11 Å². The second kappa shape index (κ2) is 5.89. The molecule has 0 saturated heterocycles. The van der Waals surface area contributed by atoms with E-state index in [9.17, 15) is 9.18 Å². The lowest BCUT2D eigenvalue weighted by atomic mass is 10.1. The minimum atomic E-state index is -1.04. The quantitative estimate of drug-likeness (QED) is 0.853. The number of thioether (sulfide) groups is 1. The van der Waals surface area contributed by atoms with Crippen LogP contribution in [-0.4, -0.2) is 11.1 Å². The van der Waals surface area contributed by atoms with Gasteiger partial charge < -0.3 is 5.11 Å². The number of hydrogen-bond donors (Lipinski definition) is 1. The summed E-state index contributed by atoms with van der Waals surface area (Å²) in [7, 11) is 0. The van der Waals surface area contributed by atoms with Gasteiger partial charge in [0, 0.05) is 10.6 Å². The Morgan fingerprint density at radius 1 is 1.26 bits per heavy atom. The Balaban J connectivity index is 2.17. The van der Waals surface area contributed by atoms with Gasteiger partial charge in [-0.2, -0.15) is 0 Å². The standard InChI is InChI=1S/C15H13FO2S/c1-10-4-2-3-5-14(10)19-9-12-8-11(15(17)18)6-7-13(12)16/h2-8H,9H2,1H3,(H,17,18). The van der Waals surface area contributed by atoms with Crippen molar-refractivity contribution in [2.45, 2.75) is 17.6 Å². The highest BCUT2D eigenvalue weighted by Gasteiger charge is 2.09. The third-order valence-electron chi connectivity index (χ3n) is 2.77. The van der Waals surface area contributed by atoms with E-state index >= 15 is 0 Å². The number of aromatic carboxylic acids is 1. The number of carbonyl (C=O) groups is 1. The van der Waals surface area contributed by atoms with Crippen LogP contribution in [0.5, 0.6) is 0 Å². The Bertz CT molecular complexity index is 611. The molecule has 0 atom stereocenters. The molecule has 0 heterocycles. The molecule has 2 nitrogen and oxygen atoms in total. The highest BCUT2D eigenvalue weighted by molar-refractivity contribution is 7.98. The van der Waals surface area contributed by atoms with Crippen molar-refractivity contribution in [3.63, 3.8) is 0 Å². The molecule has 0 aliphatic rings. The number of hydrogen-bond acceptors (Lipinski definition) is 2. The predicted molar refractivity (Wildman–Crippen MR) is 74.1 cm³/mol. The van der Waals surface area contributed by atoms with Gasteiger partial charge in [-0.3, -0.25) is 0 Å². The largest absolute Gasteiger partial charge is 0.478 e. The summed E-state index contributed by atoms with van der Waals surface area (Å²) < 4.78 is 13.6. The van der Waals surface area contributed by atoms with Crippen LogP contribution in [0.2, 0.25) is 0 Å². The molecule has 0 bridgehead atoms. The van der Waals surface area contributed by atoms with Gasteiger partial charge in [0.2, 0.25) is 0 Å². The molecule has 0 radical (unpaired) electrons. The summed E-state index contributed by atoms with van der Waals surface area (Å²) in [5.41, 5.74) is 1.65. The Morgan fingerprint density at radius 2 is 2.00 bits per heavy atom. The maximum Gasteiger partial charge on any atom is 0.335 e. The molecule has 0 aromatic heterocycles. The number of halogens is 1. The summed E-state index contributed by atoms with van der Waals surface area (Å²) in [4.78, 5) is 11.9. The summed E-state index contributed by atoms with van der Waals surface area (Å²) in [5, 5.41) is 8.90. The minimum absolute atomic E-state index is 0.113. The van der Waals surface area contributed by atoms with Crippen molar-refractivity contribution in [3.05, 3.63) is 65.0 Å². The van der Waals surface area contributed by atoms with E-state index in [0.29, 0.717) is 11.3 Å². The van der Waals surface area contributed by atoms with Crippen molar-refractivity contribution in [3.8, 4) is 0 Å². The summed E-state index contributed by atoms with van der Waals surface area (Å²) in [6, 6.07) is 11.7. The molecular formula is C15H13FO2S. The monoisotopic (exact) mass is 276 g/mol. The smallest absolute Gasteiger partial charge is 0.335 e. The van der Waals surface area contributed by atoms with Crippen LogP contribution >= 0.6 is 11.8 Å². The fourth-order valence-corrected chi connectivity index (χ4v) is 2.69. The van der Waals surface area contributed by atoms with E-state index < -0.39 is 5.97 Å². The number of carboxylic acid groups (broad SMARTS) is 1. The highest BCUT2D eigenvalue weighted by Crippen LogP contribution is 2.27. The molecule has 2 rings (SSSR count). The lowest BCUT2D eigenvalue weighted by Gasteiger charge is -2.07. The van der Waals surface area contributed by atoms with Crippen LogP contribution in [0.25, 0.3) is 0 Å². The highest BCUT2D eigenvalue weighted by atomic mass is 32.2. The van der Waals surface area contributed by atoms with E-state index in [2.05, 4.69) is 0 Å². The number of aryl methyl sites for hydroxylation is 1. The average molecular weight is 276 g/mol. The van der Waals surface area contributed by atoms with Gasteiger partial charge in [0.25, 0.3) is 0 Å². The molecule has 19 heavy (non-hydrogen) atoms. The molecule has 0 unspecified atom stereocenters. The van der Waals surface area contributed by atoms with Crippen LogP contribution in [-0.2, 0) is 5.75 Å². The van der Waals surface area contributed by atoms with Gasteiger partial charge in [0.1, 0.15) is 5.82 Å². The van der Waals surface area contributed by atoms with Crippen LogP contribution in [0.4, 0.5) is 4.39 Å². The molecule has 0 aliphatic carbocycles. The molecule has 0 spiro atoms. The Labute approximate surface area is 115 Å². The molecule has 0 amide bonds. The van der Waals surface area contributed by atoms with Gasteiger partial charge in [-0.15, -0.1) is 11.8 Å². The fourth-order valence-electron chi connectivity index (χ4n) is 1.69. The van der Waals surface area contributed by atoms with Gasteiger partial charge in [-0.05, 0) is 42.3 Å². The van der Waals surface area contributed by atoms with E-state index in [1.807, 2.05) is 31.2 Å². The third-order valence-corrected chi connectivity index (χ3v) is 3.99. The SMILES string of the molecule is Cc1ccccc1SCc1cc(C(=O)O)ccc1F. The van der Waals surface area contributed by atoms with E-state index in [1.165, 1.54) is 30.0 Å². The second-order valence-electron chi connectivity index (χ2n) is 4.17. The van der Waals surface area contributed by atoms with Gasteiger partial charge in [0.05, 0.1) is 5.56 Å². The average Bonchev–Trinajstić information content (AvgIpc) is 2.39. The first-order chi connectivity index (χ1) is 9.08. The van der Waals surface area contributed by atoms with Crippen LogP contribution in [0.15, 0.2) is 47.4 Å². The van der Waals surface area contributed by atoms with Crippen molar-refractivity contribution in [1.82, 2.24) is 0 Å². The van der Waals surface area contributed by atoms with Crippen LogP contribution in [0.3, 0.4) is 0 Å². The Kier molecular flexibility index (Phi) is 4.22. The molecule has 2 aromatic carbocycles. The van der Waals surface area contributed by atoms with E-state index in [0.717, 1.165) is 10.5 Å². The molecule has 98 valence electrons. The van der Waals surface area contributed by atoms with Gasteiger partial charge in [0.15, 0.2) is 0 Å². The van der Waals surface area contributed by atoms with Gasteiger partial charge >= 0.3 is 5.97 Å². The summed E-state index contributed by atoms with van der Waals surface area (Å²) >= 11 is 1.50. The number of rotatable bonds is 4. The van der Waals surface area contributed by atoms with Gasteiger partial charge in [-0.25, -0.2) is 9.18 Å². The maximum atomic E-state index is 13.6. The molecule has 1 N–H and O–H groups in total. The van der Waals surface area contributed by atoms with Crippen molar-refractivity contribution in [1.29, 1.82) is 0 Å². The first-order valence-electron chi connectivity index (χ1n) is 5.78. The summed E-state index contributed by atoms with van der Waals surface area (Å²) in [6.45, 7) is 1.99. The number of benzene rings is 2. The number of carboxylic acids is 1. The van der Waals surface area contributed by atoms with Crippen molar-refractivity contribution >= 4 is 17.7 Å². The van der Waals surface area contributed by atoms with Crippen LogP contribution in [0.1, 0.15) is 21.5 Å². The lowest BCUT2D eigenvalue weighted by molar-refractivity contribution is 0.0696.